The van der Waals surface area contributed by atoms with E-state index >= 15 is 0 Å². The van der Waals surface area contributed by atoms with Gasteiger partial charge in [0.15, 0.2) is 0 Å². The molecule has 0 atom stereocenters. The van der Waals surface area contributed by atoms with E-state index in [9.17, 15) is 9.59 Å². The molecule has 0 aliphatic rings. The van der Waals surface area contributed by atoms with Gasteiger partial charge in [0.2, 0.25) is 5.91 Å². The van der Waals surface area contributed by atoms with E-state index in [0.29, 0.717) is 17.8 Å². The van der Waals surface area contributed by atoms with E-state index in [1.54, 1.807) is 43.3 Å². The van der Waals surface area contributed by atoms with Crippen molar-refractivity contribution in [2.75, 3.05) is 5.32 Å². The molecule has 0 fully saturated rings. The minimum Gasteiger partial charge on any atom is -0.467 e. The molecular weight excluding hydrogens is 454 g/mol. The van der Waals surface area contributed by atoms with Crippen LogP contribution in [-0.2, 0) is 29.7 Å². The van der Waals surface area contributed by atoms with Gasteiger partial charge in [0.1, 0.15) is 11.3 Å². The quantitative estimate of drug-likeness (QED) is 0.440. The van der Waals surface area contributed by atoms with Crippen molar-refractivity contribution in [1.82, 2.24) is 20.1 Å². The molecule has 0 saturated heterocycles. The van der Waals surface area contributed by atoms with Gasteiger partial charge >= 0.3 is 0 Å². The first-order valence-electron chi connectivity index (χ1n) is 12.3. The van der Waals surface area contributed by atoms with Gasteiger partial charge in [-0.1, -0.05) is 41.5 Å². The van der Waals surface area contributed by atoms with Gasteiger partial charge in [-0.3, -0.25) is 19.3 Å². The maximum Gasteiger partial charge on any atom is 0.257 e. The summed E-state index contributed by atoms with van der Waals surface area (Å²) in [6, 6.07) is 5.60. The second kappa shape index (κ2) is 10.3. The molecule has 0 spiro atoms. The Morgan fingerprint density at radius 1 is 0.944 bits per heavy atom. The predicted octanol–water partition coefficient (Wildman–Crippen LogP) is 5.35. The lowest BCUT2D eigenvalue weighted by atomic mass is 9.88. The largest absolute Gasteiger partial charge is 0.467 e. The van der Waals surface area contributed by atoms with Gasteiger partial charge in [0, 0.05) is 18.1 Å². The first kappa shape index (κ1) is 27.2. The van der Waals surface area contributed by atoms with Crippen molar-refractivity contribution in [1.29, 1.82) is 0 Å². The van der Waals surface area contributed by atoms with Crippen molar-refractivity contribution < 1.29 is 14.0 Å². The Kier molecular flexibility index (Phi) is 7.76. The number of anilines is 1. The molecule has 8 heteroatoms. The highest BCUT2D eigenvalue weighted by atomic mass is 16.3. The van der Waals surface area contributed by atoms with Crippen LogP contribution >= 0.6 is 0 Å². The van der Waals surface area contributed by atoms with Crippen molar-refractivity contribution in [2.24, 2.45) is 10.8 Å². The van der Waals surface area contributed by atoms with Crippen molar-refractivity contribution in [2.45, 2.75) is 80.3 Å². The maximum absolute atomic E-state index is 13.0. The van der Waals surface area contributed by atoms with Crippen molar-refractivity contribution in [3.8, 4) is 0 Å². The molecule has 3 aromatic heterocycles. The summed E-state index contributed by atoms with van der Waals surface area (Å²) in [5.41, 5.74) is 2.25. The minimum absolute atomic E-state index is 0.113. The van der Waals surface area contributed by atoms with E-state index in [1.807, 2.05) is 12.1 Å². The van der Waals surface area contributed by atoms with E-state index in [1.165, 1.54) is 6.20 Å². The van der Waals surface area contributed by atoms with Gasteiger partial charge in [-0.2, -0.15) is 5.10 Å². The van der Waals surface area contributed by atoms with E-state index < -0.39 is 5.54 Å². The Morgan fingerprint density at radius 2 is 1.64 bits per heavy atom. The van der Waals surface area contributed by atoms with Crippen molar-refractivity contribution >= 4 is 17.5 Å². The molecule has 3 rings (SSSR count). The summed E-state index contributed by atoms with van der Waals surface area (Å²) in [6.45, 7) is 16.8. The lowest BCUT2D eigenvalue weighted by Crippen LogP contribution is -2.44. The summed E-state index contributed by atoms with van der Waals surface area (Å²) in [5, 5.41) is 10.1. The minimum atomic E-state index is -0.976. The van der Waals surface area contributed by atoms with E-state index in [2.05, 4.69) is 62.3 Å². The summed E-state index contributed by atoms with van der Waals surface area (Å²) in [5.74, 6) is 0.264. The number of carbonyl (C=O) groups is 2. The normalized spacial score (nSPS) is 12.4. The molecule has 3 heterocycles. The van der Waals surface area contributed by atoms with Crippen LogP contribution in [0.4, 0.5) is 5.69 Å². The third kappa shape index (κ3) is 7.29. The maximum atomic E-state index is 13.0. The molecule has 0 aliphatic heterocycles. The van der Waals surface area contributed by atoms with Crippen molar-refractivity contribution in [3.05, 3.63) is 65.6 Å². The van der Waals surface area contributed by atoms with Gasteiger partial charge in [-0.05, 0) is 61.3 Å². The molecule has 0 saturated carbocycles. The number of aromatic nitrogens is 3. The molecule has 0 aromatic carbocycles. The number of pyridine rings is 1. The van der Waals surface area contributed by atoms with Gasteiger partial charge in [-0.25, -0.2) is 0 Å². The van der Waals surface area contributed by atoms with Crippen molar-refractivity contribution in [3.63, 3.8) is 0 Å². The summed E-state index contributed by atoms with van der Waals surface area (Å²) in [6.07, 6.45) is 8.11. The molecule has 3 aromatic rings. The third-order valence-corrected chi connectivity index (χ3v) is 5.74. The van der Waals surface area contributed by atoms with Gasteiger partial charge in [0.25, 0.3) is 5.91 Å². The number of rotatable bonds is 8. The van der Waals surface area contributed by atoms with Crippen LogP contribution < -0.4 is 10.6 Å². The zero-order chi connectivity index (χ0) is 26.7. The number of hydrogen-bond acceptors (Lipinski definition) is 5. The fourth-order valence-corrected chi connectivity index (χ4v) is 3.83. The second-order valence-corrected chi connectivity index (χ2v) is 12.3. The number of nitrogens with zero attached hydrogens (tertiary/aromatic N) is 3. The third-order valence-electron chi connectivity index (χ3n) is 5.74. The van der Waals surface area contributed by atoms with E-state index in [0.717, 1.165) is 29.9 Å². The molecule has 8 nitrogen and oxygen atoms in total. The van der Waals surface area contributed by atoms with Crippen LogP contribution in [0, 0.1) is 10.8 Å². The molecular formula is C28H39N5O3. The molecule has 0 unspecified atom stereocenters. The Balaban J connectivity index is 1.61. The van der Waals surface area contributed by atoms with Crippen LogP contribution in [0.1, 0.15) is 82.8 Å². The number of hydrogen-bond donors (Lipinski definition) is 2. The zero-order valence-corrected chi connectivity index (χ0v) is 22.7. The second-order valence-electron chi connectivity index (χ2n) is 12.3. The highest BCUT2D eigenvalue weighted by Crippen LogP contribution is 2.24. The lowest BCUT2D eigenvalue weighted by molar-refractivity contribution is -0.129. The molecule has 0 bridgehead atoms. The van der Waals surface area contributed by atoms with Gasteiger partial charge < -0.3 is 15.1 Å². The number of furan rings is 1. The van der Waals surface area contributed by atoms with Crippen LogP contribution in [0.2, 0.25) is 0 Å². The fraction of sp³-hybridized carbons (Fsp3) is 0.500. The zero-order valence-electron chi connectivity index (χ0n) is 22.7. The summed E-state index contributed by atoms with van der Waals surface area (Å²) >= 11 is 0. The average molecular weight is 494 g/mol. The Hall–Kier alpha value is -3.42. The molecule has 2 amide bonds. The first-order chi connectivity index (χ1) is 16.6. The summed E-state index contributed by atoms with van der Waals surface area (Å²) in [7, 11) is 0. The molecule has 36 heavy (non-hydrogen) atoms. The van der Waals surface area contributed by atoms with Crippen LogP contribution in [0.5, 0.6) is 0 Å². The van der Waals surface area contributed by atoms with E-state index in [-0.39, 0.29) is 22.6 Å². The highest BCUT2D eigenvalue weighted by Gasteiger charge is 2.31. The van der Waals surface area contributed by atoms with Gasteiger partial charge in [0.05, 0.1) is 30.3 Å². The molecule has 0 radical (unpaired) electrons. The topological polar surface area (TPSA) is 102 Å². The van der Waals surface area contributed by atoms with Crippen LogP contribution in [0.25, 0.3) is 0 Å². The smallest absolute Gasteiger partial charge is 0.257 e. The molecule has 0 aliphatic carbocycles. The lowest BCUT2D eigenvalue weighted by Gasteiger charge is -2.24. The van der Waals surface area contributed by atoms with Gasteiger partial charge in [-0.15, -0.1) is 0 Å². The Morgan fingerprint density at radius 3 is 2.25 bits per heavy atom. The number of nitrogens with one attached hydrogen (secondary N) is 2. The standard InChI is InChI=1S/C28H39N5O3/c1-26(2,3)13-19-11-12-36-23(19)17-30-25(35)28(7,8)33-18-22(16-31-33)32-24(34)20-9-10-21(29-15-20)14-27(4,5)6/h9-12,15-16,18H,13-14,17H2,1-8H3,(H,30,35)(H,32,34). The number of amides is 2. The molecule has 194 valence electrons. The van der Waals surface area contributed by atoms with Crippen LogP contribution in [0.3, 0.4) is 0 Å². The van der Waals surface area contributed by atoms with Crippen LogP contribution in [-0.4, -0.2) is 26.6 Å². The van der Waals surface area contributed by atoms with E-state index in [4.69, 9.17) is 4.42 Å². The first-order valence-corrected chi connectivity index (χ1v) is 12.3. The summed E-state index contributed by atoms with van der Waals surface area (Å²) in [4.78, 5) is 30.1. The Bertz CT molecular complexity index is 1190. The number of carbonyl (C=O) groups excluding carboxylic acids is 2. The summed E-state index contributed by atoms with van der Waals surface area (Å²) < 4.78 is 7.15. The SMILES string of the molecule is CC(C)(C)Cc1ccc(C(=O)Nc2cnn(C(C)(C)C(=O)NCc3occc3CC(C)(C)C)c2)cn1. The average Bonchev–Trinajstić information content (AvgIpc) is 3.40. The molecule has 2 N–H and O–H groups in total. The predicted molar refractivity (Wildman–Crippen MR) is 141 cm³/mol. The highest BCUT2D eigenvalue weighted by molar-refractivity contribution is 6.03. The fourth-order valence-electron chi connectivity index (χ4n) is 3.83. The monoisotopic (exact) mass is 493 g/mol. The Labute approximate surface area is 213 Å². The van der Waals surface area contributed by atoms with Crippen LogP contribution in [0.15, 0.2) is 47.5 Å².